The molecule has 1 atom stereocenters. The van der Waals surface area contributed by atoms with Gasteiger partial charge in [-0.2, -0.15) is 0 Å². The zero-order valence-electron chi connectivity index (χ0n) is 17.4. The number of aliphatic hydroxyl groups excluding tert-OH is 1. The van der Waals surface area contributed by atoms with E-state index in [2.05, 4.69) is 17.6 Å². The third-order valence-corrected chi connectivity index (χ3v) is 4.91. The van der Waals surface area contributed by atoms with Gasteiger partial charge in [0.1, 0.15) is 0 Å². The standard InChI is InChI=1S/C21H35N3O4/c1-4-11-28-18-7-6-17(13-19(18)26-3)14-23-20(22-5-2)24-15-21(8-10-25)9-12-27-16-21/h6-7,13,25H,4-5,8-12,14-16H2,1-3H3,(H2,22,23,24). The van der Waals surface area contributed by atoms with E-state index < -0.39 is 0 Å². The molecule has 1 fully saturated rings. The Morgan fingerprint density at radius 1 is 1.29 bits per heavy atom. The zero-order chi connectivity index (χ0) is 20.2. The first-order valence-corrected chi connectivity index (χ1v) is 10.2. The number of hydrogen-bond acceptors (Lipinski definition) is 5. The Labute approximate surface area is 168 Å². The zero-order valence-corrected chi connectivity index (χ0v) is 17.4. The highest BCUT2D eigenvalue weighted by molar-refractivity contribution is 5.79. The maximum Gasteiger partial charge on any atom is 0.191 e. The molecule has 2 rings (SSSR count). The Balaban J connectivity index is 2.01. The van der Waals surface area contributed by atoms with E-state index >= 15 is 0 Å². The van der Waals surface area contributed by atoms with Gasteiger partial charge in [0.15, 0.2) is 17.5 Å². The molecule has 7 nitrogen and oxygen atoms in total. The minimum absolute atomic E-state index is 0.0214. The van der Waals surface area contributed by atoms with E-state index in [1.807, 2.05) is 25.1 Å². The van der Waals surface area contributed by atoms with Crippen LogP contribution >= 0.6 is 0 Å². The second-order valence-electron chi connectivity index (χ2n) is 7.16. The highest BCUT2D eigenvalue weighted by Crippen LogP contribution is 2.31. The molecule has 0 amide bonds. The number of ether oxygens (including phenoxy) is 3. The summed E-state index contributed by atoms with van der Waals surface area (Å²) in [6, 6.07) is 5.92. The third-order valence-electron chi connectivity index (χ3n) is 4.91. The quantitative estimate of drug-likeness (QED) is 0.395. The van der Waals surface area contributed by atoms with Gasteiger partial charge in [-0.15, -0.1) is 0 Å². The lowest BCUT2D eigenvalue weighted by atomic mass is 9.84. The lowest BCUT2D eigenvalue weighted by Gasteiger charge is -2.27. The van der Waals surface area contributed by atoms with Crippen LogP contribution in [0.15, 0.2) is 23.2 Å². The van der Waals surface area contributed by atoms with Crippen molar-refractivity contribution in [3.63, 3.8) is 0 Å². The molecule has 3 N–H and O–H groups in total. The van der Waals surface area contributed by atoms with Crippen LogP contribution in [0.4, 0.5) is 0 Å². The fourth-order valence-corrected chi connectivity index (χ4v) is 3.24. The molecule has 7 heteroatoms. The minimum Gasteiger partial charge on any atom is -0.493 e. The third kappa shape index (κ3) is 6.56. The van der Waals surface area contributed by atoms with Gasteiger partial charge in [-0.3, -0.25) is 0 Å². The van der Waals surface area contributed by atoms with E-state index in [0.717, 1.165) is 62.0 Å². The maximum absolute atomic E-state index is 9.39. The predicted octanol–water partition coefficient (Wildman–Crippen LogP) is 2.33. The van der Waals surface area contributed by atoms with Gasteiger partial charge in [-0.25, -0.2) is 4.99 Å². The summed E-state index contributed by atoms with van der Waals surface area (Å²) >= 11 is 0. The first kappa shape index (κ1) is 22.3. The van der Waals surface area contributed by atoms with E-state index in [-0.39, 0.29) is 12.0 Å². The van der Waals surface area contributed by atoms with Crippen molar-refractivity contribution in [1.29, 1.82) is 0 Å². The van der Waals surface area contributed by atoms with E-state index in [4.69, 9.17) is 19.2 Å². The number of aliphatic imine (C=N–C) groups is 1. The second-order valence-corrected chi connectivity index (χ2v) is 7.16. The van der Waals surface area contributed by atoms with Crippen LogP contribution in [0, 0.1) is 5.41 Å². The van der Waals surface area contributed by atoms with Gasteiger partial charge in [0.05, 0.1) is 26.9 Å². The van der Waals surface area contributed by atoms with Crippen LogP contribution in [-0.4, -0.2) is 57.7 Å². The normalized spacial score (nSPS) is 19.5. The molecule has 0 saturated carbocycles. The van der Waals surface area contributed by atoms with Crippen LogP contribution in [0.5, 0.6) is 11.5 Å². The molecule has 1 unspecified atom stereocenters. The van der Waals surface area contributed by atoms with E-state index in [9.17, 15) is 5.11 Å². The molecule has 28 heavy (non-hydrogen) atoms. The van der Waals surface area contributed by atoms with Gasteiger partial charge in [-0.05, 0) is 43.9 Å². The van der Waals surface area contributed by atoms with Crippen molar-refractivity contribution in [2.75, 3.05) is 46.6 Å². The molecule has 0 spiro atoms. The Hall–Kier alpha value is -1.99. The number of benzene rings is 1. The van der Waals surface area contributed by atoms with Crippen molar-refractivity contribution < 1.29 is 19.3 Å². The Kier molecular flexibility index (Phi) is 9.37. The number of rotatable bonds is 11. The number of guanidine groups is 1. The molecule has 1 aliphatic rings. The number of hydrogen-bond donors (Lipinski definition) is 3. The molecular weight excluding hydrogens is 358 g/mol. The van der Waals surface area contributed by atoms with E-state index in [1.165, 1.54) is 0 Å². The monoisotopic (exact) mass is 393 g/mol. The summed E-state index contributed by atoms with van der Waals surface area (Å²) in [6.07, 6.45) is 2.64. The van der Waals surface area contributed by atoms with Gasteiger partial charge < -0.3 is 30.0 Å². The molecule has 158 valence electrons. The van der Waals surface area contributed by atoms with Crippen molar-refractivity contribution in [3.05, 3.63) is 23.8 Å². The van der Waals surface area contributed by atoms with Crippen LogP contribution in [-0.2, 0) is 11.3 Å². The van der Waals surface area contributed by atoms with Crippen molar-refractivity contribution in [2.24, 2.45) is 10.4 Å². The van der Waals surface area contributed by atoms with Crippen LogP contribution < -0.4 is 20.1 Å². The summed E-state index contributed by atoms with van der Waals surface area (Å²) in [5, 5.41) is 16.1. The molecule has 1 aromatic carbocycles. The summed E-state index contributed by atoms with van der Waals surface area (Å²) in [5.41, 5.74) is 1.03. The summed E-state index contributed by atoms with van der Waals surface area (Å²) < 4.78 is 16.7. The molecule has 0 bridgehead atoms. The number of aliphatic hydroxyl groups is 1. The highest BCUT2D eigenvalue weighted by atomic mass is 16.5. The second kappa shape index (κ2) is 11.8. The Bertz CT molecular complexity index is 616. The van der Waals surface area contributed by atoms with Crippen LogP contribution in [0.1, 0.15) is 38.7 Å². The van der Waals surface area contributed by atoms with Crippen molar-refractivity contribution in [3.8, 4) is 11.5 Å². The lowest BCUT2D eigenvalue weighted by molar-refractivity contribution is 0.127. The molecule has 1 saturated heterocycles. The van der Waals surface area contributed by atoms with Gasteiger partial charge in [0.2, 0.25) is 0 Å². The first-order valence-electron chi connectivity index (χ1n) is 10.2. The largest absolute Gasteiger partial charge is 0.493 e. The topological polar surface area (TPSA) is 84.3 Å². The van der Waals surface area contributed by atoms with Gasteiger partial charge >= 0.3 is 0 Å². The molecular formula is C21H35N3O4. The van der Waals surface area contributed by atoms with E-state index in [0.29, 0.717) is 19.8 Å². The number of nitrogens with zero attached hydrogens (tertiary/aromatic N) is 1. The van der Waals surface area contributed by atoms with Crippen molar-refractivity contribution in [2.45, 2.75) is 39.7 Å². The molecule has 1 aliphatic heterocycles. The summed E-state index contributed by atoms with van der Waals surface area (Å²) in [6.45, 7) is 8.43. The molecule has 0 aromatic heterocycles. The van der Waals surface area contributed by atoms with Gasteiger partial charge in [0, 0.05) is 31.7 Å². The average Bonchev–Trinajstić information content (AvgIpc) is 3.17. The van der Waals surface area contributed by atoms with E-state index in [1.54, 1.807) is 7.11 Å². The Morgan fingerprint density at radius 2 is 2.14 bits per heavy atom. The molecule has 1 heterocycles. The lowest BCUT2D eigenvalue weighted by Crippen LogP contribution is -2.44. The molecule has 1 aromatic rings. The van der Waals surface area contributed by atoms with Crippen LogP contribution in [0.3, 0.4) is 0 Å². The van der Waals surface area contributed by atoms with Crippen LogP contribution in [0.25, 0.3) is 0 Å². The first-order chi connectivity index (χ1) is 13.7. The number of methoxy groups -OCH3 is 1. The highest BCUT2D eigenvalue weighted by Gasteiger charge is 2.34. The molecule has 0 radical (unpaired) electrons. The minimum atomic E-state index is -0.0214. The van der Waals surface area contributed by atoms with Gasteiger partial charge in [-0.1, -0.05) is 13.0 Å². The fourth-order valence-electron chi connectivity index (χ4n) is 3.24. The van der Waals surface area contributed by atoms with Crippen molar-refractivity contribution in [1.82, 2.24) is 10.6 Å². The summed E-state index contributed by atoms with van der Waals surface area (Å²) in [7, 11) is 1.65. The summed E-state index contributed by atoms with van der Waals surface area (Å²) in [5.74, 6) is 2.25. The van der Waals surface area contributed by atoms with Crippen molar-refractivity contribution >= 4 is 5.96 Å². The van der Waals surface area contributed by atoms with Crippen LogP contribution in [0.2, 0.25) is 0 Å². The van der Waals surface area contributed by atoms with Gasteiger partial charge in [0.25, 0.3) is 0 Å². The number of nitrogens with one attached hydrogen (secondary N) is 2. The smallest absolute Gasteiger partial charge is 0.191 e. The Morgan fingerprint density at radius 3 is 2.79 bits per heavy atom. The maximum atomic E-state index is 9.39. The SMILES string of the molecule is CCCOc1ccc(CN=C(NCC)NCC2(CCO)CCOC2)cc1OC. The molecule has 0 aliphatic carbocycles. The fraction of sp³-hybridized carbons (Fsp3) is 0.667. The summed E-state index contributed by atoms with van der Waals surface area (Å²) in [4.78, 5) is 4.70. The average molecular weight is 394 g/mol. The predicted molar refractivity (Wildman–Crippen MR) is 111 cm³/mol.